The molecular formula is C13H14BrF2NOS. The molecule has 0 saturated heterocycles. The molecule has 1 saturated carbocycles. The Morgan fingerprint density at radius 2 is 2.00 bits per heavy atom. The molecule has 0 aliphatic heterocycles. The molecule has 0 heterocycles. The van der Waals surface area contributed by atoms with Crippen LogP contribution >= 0.6 is 27.7 Å². The van der Waals surface area contributed by atoms with Crippen molar-refractivity contribution in [1.29, 1.82) is 0 Å². The summed E-state index contributed by atoms with van der Waals surface area (Å²) in [6, 6.07) is 2.20. The fraction of sp³-hybridized carbons (Fsp3) is 0.462. The third kappa shape index (κ3) is 3.48. The molecule has 1 aliphatic rings. The lowest BCUT2D eigenvalue weighted by Crippen LogP contribution is -2.34. The van der Waals surface area contributed by atoms with Crippen LogP contribution in [0.4, 0.5) is 8.78 Å². The second kappa shape index (κ2) is 6.22. The first-order chi connectivity index (χ1) is 9.01. The van der Waals surface area contributed by atoms with Crippen molar-refractivity contribution >= 4 is 33.6 Å². The van der Waals surface area contributed by atoms with Crippen LogP contribution in [0.2, 0.25) is 0 Å². The van der Waals surface area contributed by atoms with E-state index in [2.05, 4.69) is 21.2 Å². The van der Waals surface area contributed by atoms with E-state index in [0.717, 1.165) is 31.4 Å². The van der Waals surface area contributed by atoms with Crippen LogP contribution in [0.25, 0.3) is 0 Å². The summed E-state index contributed by atoms with van der Waals surface area (Å²) in [5.74, 6) is -2.36. The monoisotopic (exact) mass is 349 g/mol. The van der Waals surface area contributed by atoms with Gasteiger partial charge in [-0.25, -0.2) is 8.78 Å². The molecule has 0 aromatic heterocycles. The first-order valence-electron chi connectivity index (χ1n) is 5.99. The molecular weight excluding hydrogens is 336 g/mol. The summed E-state index contributed by atoms with van der Waals surface area (Å²) in [4.78, 5) is 11.9. The second-order valence-electron chi connectivity index (χ2n) is 4.59. The highest BCUT2D eigenvalue weighted by Crippen LogP contribution is 2.28. The van der Waals surface area contributed by atoms with Crippen LogP contribution in [-0.4, -0.2) is 23.5 Å². The normalized spacial score (nSPS) is 22.5. The van der Waals surface area contributed by atoms with Gasteiger partial charge in [0.1, 0.15) is 17.2 Å². The van der Waals surface area contributed by atoms with E-state index in [1.54, 1.807) is 11.8 Å². The van der Waals surface area contributed by atoms with Crippen LogP contribution in [0.5, 0.6) is 0 Å². The number of hydrogen-bond donors (Lipinski definition) is 1. The molecule has 19 heavy (non-hydrogen) atoms. The summed E-state index contributed by atoms with van der Waals surface area (Å²) in [6.45, 7) is 0. The molecule has 6 heteroatoms. The summed E-state index contributed by atoms with van der Waals surface area (Å²) in [5, 5.41) is 3.23. The first kappa shape index (κ1) is 14.8. The summed E-state index contributed by atoms with van der Waals surface area (Å²) in [5.41, 5.74) is -0.504. The number of carbonyl (C=O) groups is 1. The van der Waals surface area contributed by atoms with Gasteiger partial charge in [0, 0.05) is 15.8 Å². The molecule has 1 aromatic carbocycles. The molecule has 2 unspecified atom stereocenters. The van der Waals surface area contributed by atoms with Crippen molar-refractivity contribution in [3.05, 3.63) is 33.8 Å². The fourth-order valence-corrected chi connectivity index (χ4v) is 3.50. The van der Waals surface area contributed by atoms with E-state index in [4.69, 9.17) is 0 Å². The number of hydrogen-bond acceptors (Lipinski definition) is 2. The van der Waals surface area contributed by atoms with Crippen LogP contribution in [0.15, 0.2) is 16.6 Å². The summed E-state index contributed by atoms with van der Waals surface area (Å²) < 4.78 is 27.6. The van der Waals surface area contributed by atoms with E-state index in [1.165, 1.54) is 0 Å². The second-order valence-corrected chi connectivity index (χ2v) is 6.64. The van der Waals surface area contributed by atoms with Gasteiger partial charge in [0.05, 0.1) is 0 Å². The number of benzene rings is 1. The lowest BCUT2D eigenvalue weighted by molar-refractivity contribution is 0.0929. The number of thioether (sulfide) groups is 1. The summed E-state index contributed by atoms with van der Waals surface area (Å²) >= 11 is 4.75. The van der Waals surface area contributed by atoms with Gasteiger partial charge in [-0.15, -0.1) is 0 Å². The Morgan fingerprint density at radius 1 is 1.37 bits per heavy atom. The van der Waals surface area contributed by atoms with Crippen molar-refractivity contribution < 1.29 is 13.6 Å². The Balaban J connectivity index is 2.09. The topological polar surface area (TPSA) is 29.1 Å². The van der Waals surface area contributed by atoms with Crippen LogP contribution in [-0.2, 0) is 0 Å². The van der Waals surface area contributed by atoms with E-state index in [9.17, 15) is 13.6 Å². The van der Waals surface area contributed by atoms with E-state index in [-0.39, 0.29) is 10.5 Å². The molecule has 0 radical (unpaired) electrons. The van der Waals surface area contributed by atoms with Crippen molar-refractivity contribution in [2.45, 2.75) is 30.6 Å². The molecule has 2 atom stereocenters. The molecule has 0 bridgehead atoms. The predicted octanol–water partition coefficient (Wildman–Crippen LogP) is 3.74. The van der Waals surface area contributed by atoms with Crippen LogP contribution in [0.3, 0.4) is 0 Å². The third-order valence-corrected chi connectivity index (χ3v) is 4.84. The van der Waals surface area contributed by atoms with Gasteiger partial charge in [-0.05, 0) is 37.7 Å². The van der Waals surface area contributed by atoms with Gasteiger partial charge in [0.2, 0.25) is 0 Å². The van der Waals surface area contributed by atoms with Gasteiger partial charge in [0.25, 0.3) is 5.91 Å². The zero-order valence-electron chi connectivity index (χ0n) is 10.4. The molecule has 2 rings (SSSR count). The Morgan fingerprint density at radius 3 is 2.53 bits per heavy atom. The first-order valence-corrected chi connectivity index (χ1v) is 8.07. The maximum Gasteiger partial charge on any atom is 0.257 e. The number of amides is 1. The Hall–Kier alpha value is -0.620. The van der Waals surface area contributed by atoms with Crippen molar-refractivity contribution in [3.8, 4) is 0 Å². The van der Waals surface area contributed by atoms with Crippen LogP contribution < -0.4 is 5.32 Å². The van der Waals surface area contributed by atoms with E-state index < -0.39 is 23.1 Å². The quantitative estimate of drug-likeness (QED) is 0.900. The van der Waals surface area contributed by atoms with Crippen molar-refractivity contribution in [2.75, 3.05) is 6.26 Å². The molecule has 1 N–H and O–H groups in total. The lowest BCUT2D eigenvalue weighted by Gasteiger charge is -2.13. The maximum atomic E-state index is 13.6. The number of halogens is 3. The highest BCUT2D eigenvalue weighted by molar-refractivity contribution is 9.10. The standard InChI is InChI=1S/C13H14BrF2NOS/c1-19-9-3-2-8(6-9)17-13(18)12-10(15)4-7(14)5-11(12)16/h4-5,8-9H,2-3,6H2,1H3,(H,17,18). The fourth-order valence-electron chi connectivity index (χ4n) is 2.30. The zero-order chi connectivity index (χ0) is 14.0. The Bertz CT molecular complexity index is 475. The van der Waals surface area contributed by atoms with E-state index in [1.807, 2.05) is 6.26 Å². The summed E-state index contributed by atoms with van der Waals surface area (Å²) in [6.07, 6.45) is 4.77. The van der Waals surface area contributed by atoms with Gasteiger partial charge in [0.15, 0.2) is 0 Å². The van der Waals surface area contributed by atoms with Crippen molar-refractivity contribution in [3.63, 3.8) is 0 Å². The molecule has 1 aromatic rings. The SMILES string of the molecule is CSC1CCC(NC(=O)c2c(F)cc(Br)cc2F)C1. The summed E-state index contributed by atoms with van der Waals surface area (Å²) in [7, 11) is 0. The molecule has 0 spiro atoms. The van der Waals surface area contributed by atoms with Crippen molar-refractivity contribution in [2.24, 2.45) is 0 Å². The lowest BCUT2D eigenvalue weighted by atomic mass is 10.1. The van der Waals surface area contributed by atoms with E-state index >= 15 is 0 Å². The van der Waals surface area contributed by atoms with Crippen molar-refractivity contribution in [1.82, 2.24) is 5.32 Å². The highest BCUT2D eigenvalue weighted by Gasteiger charge is 2.27. The van der Waals surface area contributed by atoms with Crippen LogP contribution in [0.1, 0.15) is 29.6 Å². The van der Waals surface area contributed by atoms with Gasteiger partial charge in [-0.2, -0.15) is 11.8 Å². The minimum Gasteiger partial charge on any atom is -0.349 e. The van der Waals surface area contributed by atoms with Gasteiger partial charge >= 0.3 is 0 Å². The zero-order valence-corrected chi connectivity index (χ0v) is 12.8. The van der Waals surface area contributed by atoms with Gasteiger partial charge in [-0.1, -0.05) is 15.9 Å². The largest absolute Gasteiger partial charge is 0.349 e. The van der Waals surface area contributed by atoms with E-state index in [0.29, 0.717) is 5.25 Å². The Kier molecular flexibility index (Phi) is 4.84. The van der Waals surface area contributed by atoms with Crippen LogP contribution in [0, 0.1) is 11.6 Å². The molecule has 1 fully saturated rings. The number of carbonyl (C=O) groups excluding carboxylic acids is 1. The molecule has 1 amide bonds. The molecule has 104 valence electrons. The predicted molar refractivity (Wildman–Crippen MR) is 76.5 cm³/mol. The molecule has 1 aliphatic carbocycles. The Labute approximate surface area is 123 Å². The third-order valence-electron chi connectivity index (χ3n) is 3.29. The number of rotatable bonds is 3. The smallest absolute Gasteiger partial charge is 0.257 e. The van der Waals surface area contributed by atoms with Gasteiger partial charge < -0.3 is 5.32 Å². The average molecular weight is 350 g/mol. The number of nitrogens with one attached hydrogen (secondary N) is 1. The highest BCUT2D eigenvalue weighted by atomic mass is 79.9. The average Bonchev–Trinajstić information content (AvgIpc) is 2.75. The maximum absolute atomic E-state index is 13.6. The van der Waals surface area contributed by atoms with Gasteiger partial charge in [-0.3, -0.25) is 4.79 Å². The minimum atomic E-state index is -0.844. The molecule has 2 nitrogen and oxygen atoms in total. The minimum absolute atomic E-state index is 0.00685.